The van der Waals surface area contributed by atoms with Gasteiger partial charge in [0.25, 0.3) is 0 Å². The van der Waals surface area contributed by atoms with Crippen LogP contribution in [0.5, 0.6) is 0 Å². The van der Waals surface area contributed by atoms with Gasteiger partial charge in [0.2, 0.25) is 11.8 Å². The van der Waals surface area contributed by atoms with E-state index in [-0.39, 0.29) is 29.8 Å². The van der Waals surface area contributed by atoms with E-state index in [1.54, 1.807) is 4.90 Å². The standard InChI is InChI=1S/C21H40N6O2/c1-6-22-21(24-17-10-14-27(15-17)19(28)16(2)3)23-11-8-13-26-12-7-9-18(26)20(29)25(4)5/h16-18H,6-15H2,1-5H3,(H2,22,23,24). The Hall–Kier alpha value is -1.83. The Balaban J connectivity index is 1.79. The van der Waals surface area contributed by atoms with Crippen molar-refractivity contribution in [3.8, 4) is 0 Å². The van der Waals surface area contributed by atoms with Crippen LogP contribution < -0.4 is 10.6 Å². The molecule has 2 unspecified atom stereocenters. The van der Waals surface area contributed by atoms with E-state index in [2.05, 4.69) is 22.5 Å². The molecule has 0 aromatic heterocycles. The molecule has 0 radical (unpaired) electrons. The number of likely N-dealkylation sites (tertiary alicyclic amines) is 2. The van der Waals surface area contributed by atoms with E-state index in [0.717, 1.165) is 70.9 Å². The van der Waals surface area contributed by atoms with Crippen molar-refractivity contribution in [1.29, 1.82) is 0 Å². The predicted octanol–water partition coefficient (Wildman–Crippen LogP) is 0.741. The zero-order valence-corrected chi connectivity index (χ0v) is 18.9. The number of likely N-dealkylation sites (N-methyl/N-ethyl adjacent to an activating group) is 1. The van der Waals surface area contributed by atoms with Crippen molar-refractivity contribution < 1.29 is 9.59 Å². The maximum atomic E-state index is 12.3. The number of rotatable bonds is 8. The van der Waals surface area contributed by atoms with Gasteiger partial charge in [-0.05, 0) is 39.2 Å². The number of carbonyl (C=O) groups is 2. The summed E-state index contributed by atoms with van der Waals surface area (Å²) in [4.78, 5) is 35.1. The molecule has 2 N–H and O–H groups in total. The molecular weight excluding hydrogens is 368 g/mol. The summed E-state index contributed by atoms with van der Waals surface area (Å²) in [7, 11) is 3.66. The maximum absolute atomic E-state index is 12.3. The van der Waals surface area contributed by atoms with Crippen LogP contribution in [0.3, 0.4) is 0 Å². The van der Waals surface area contributed by atoms with Crippen molar-refractivity contribution in [2.75, 3.05) is 53.4 Å². The van der Waals surface area contributed by atoms with Crippen molar-refractivity contribution in [2.45, 2.75) is 58.5 Å². The van der Waals surface area contributed by atoms with E-state index in [1.165, 1.54) is 0 Å². The van der Waals surface area contributed by atoms with E-state index in [0.29, 0.717) is 0 Å². The Morgan fingerprint density at radius 3 is 2.62 bits per heavy atom. The smallest absolute Gasteiger partial charge is 0.239 e. The lowest BCUT2D eigenvalue weighted by Crippen LogP contribution is -2.45. The first-order valence-electron chi connectivity index (χ1n) is 11.1. The van der Waals surface area contributed by atoms with Crippen LogP contribution in [0, 0.1) is 5.92 Å². The molecule has 8 nitrogen and oxygen atoms in total. The lowest BCUT2D eigenvalue weighted by atomic mass is 10.2. The highest BCUT2D eigenvalue weighted by Crippen LogP contribution is 2.19. The fourth-order valence-electron chi connectivity index (χ4n) is 4.09. The van der Waals surface area contributed by atoms with Gasteiger partial charge in [-0.15, -0.1) is 0 Å². The normalized spacial score (nSPS) is 23.0. The lowest BCUT2D eigenvalue weighted by Gasteiger charge is -2.25. The second-order valence-electron chi connectivity index (χ2n) is 8.61. The summed E-state index contributed by atoms with van der Waals surface area (Å²) in [5.41, 5.74) is 0. The van der Waals surface area contributed by atoms with E-state index >= 15 is 0 Å². The highest BCUT2D eigenvalue weighted by Gasteiger charge is 2.31. The van der Waals surface area contributed by atoms with Crippen LogP contribution in [0.1, 0.15) is 46.5 Å². The van der Waals surface area contributed by atoms with Crippen molar-refractivity contribution in [3.05, 3.63) is 0 Å². The van der Waals surface area contributed by atoms with Crippen LogP contribution in [0.2, 0.25) is 0 Å². The molecule has 2 heterocycles. The third-order valence-corrected chi connectivity index (χ3v) is 5.64. The van der Waals surface area contributed by atoms with E-state index in [1.807, 2.05) is 32.8 Å². The van der Waals surface area contributed by atoms with Crippen LogP contribution in [0.4, 0.5) is 0 Å². The molecule has 0 aliphatic carbocycles. The third kappa shape index (κ3) is 6.87. The summed E-state index contributed by atoms with van der Waals surface area (Å²) < 4.78 is 0. The summed E-state index contributed by atoms with van der Waals surface area (Å²) >= 11 is 0. The Kier molecular flexibility index (Phi) is 9.20. The average Bonchev–Trinajstić information content (AvgIpc) is 3.33. The van der Waals surface area contributed by atoms with E-state index in [4.69, 9.17) is 4.99 Å². The van der Waals surface area contributed by atoms with Crippen LogP contribution in [-0.4, -0.2) is 97.9 Å². The van der Waals surface area contributed by atoms with Gasteiger partial charge in [-0.25, -0.2) is 0 Å². The summed E-state index contributed by atoms with van der Waals surface area (Å²) in [6.45, 7) is 10.9. The fraction of sp³-hybridized carbons (Fsp3) is 0.857. The van der Waals surface area contributed by atoms with Crippen molar-refractivity contribution in [3.63, 3.8) is 0 Å². The number of guanidine groups is 1. The van der Waals surface area contributed by atoms with Gasteiger partial charge < -0.3 is 20.4 Å². The van der Waals surface area contributed by atoms with Crippen molar-refractivity contribution >= 4 is 17.8 Å². The minimum absolute atomic E-state index is 0.0308. The van der Waals surface area contributed by atoms with Crippen LogP contribution in [0.25, 0.3) is 0 Å². The zero-order chi connectivity index (χ0) is 21.4. The minimum atomic E-state index is 0.0308. The number of amides is 2. The highest BCUT2D eigenvalue weighted by molar-refractivity contribution is 5.82. The van der Waals surface area contributed by atoms with Crippen molar-refractivity contribution in [1.82, 2.24) is 25.3 Å². The van der Waals surface area contributed by atoms with Gasteiger partial charge in [0.15, 0.2) is 5.96 Å². The Bertz CT molecular complexity index is 578. The molecule has 2 atom stereocenters. The van der Waals surface area contributed by atoms with E-state index in [9.17, 15) is 9.59 Å². The molecule has 2 fully saturated rings. The van der Waals surface area contributed by atoms with E-state index < -0.39 is 0 Å². The van der Waals surface area contributed by atoms with Gasteiger partial charge in [-0.1, -0.05) is 13.8 Å². The largest absolute Gasteiger partial charge is 0.357 e. The molecule has 2 aliphatic heterocycles. The molecule has 2 saturated heterocycles. The van der Waals surface area contributed by atoms with Gasteiger partial charge in [0.05, 0.1) is 6.04 Å². The topological polar surface area (TPSA) is 80.3 Å². The van der Waals surface area contributed by atoms with Gasteiger partial charge in [0, 0.05) is 58.8 Å². The molecular formula is C21H40N6O2. The van der Waals surface area contributed by atoms with Gasteiger partial charge >= 0.3 is 0 Å². The number of nitrogens with zero attached hydrogens (tertiary/aromatic N) is 4. The molecule has 29 heavy (non-hydrogen) atoms. The zero-order valence-electron chi connectivity index (χ0n) is 18.9. The van der Waals surface area contributed by atoms with Crippen LogP contribution >= 0.6 is 0 Å². The lowest BCUT2D eigenvalue weighted by molar-refractivity contribution is -0.134. The Morgan fingerprint density at radius 1 is 1.21 bits per heavy atom. The maximum Gasteiger partial charge on any atom is 0.239 e. The number of aliphatic imine (C=N–C) groups is 1. The summed E-state index contributed by atoms with van der Waals surface area (Å²) in [6.07, 6.45) is 3.92. The predicted molar refractivity (Wildman–Crippen MR) is 117 cm³/mol. The first kappa shape index (κ1) is 23.4. The SMILES string of the molecule is CCNC(=NCCCN1CCCC1C(=O)N(C)C)NC1CCN(C(=O)C(C)C)C1. The monoisotopic (exact) mass is 408 g/mol. The second-order valence-corrected chi connectivity index (χ2v) is 8.61. The molecule has 2 amide bonds. The van der Waals surface area contributed by atoms with Gasteiger partial charge in [-0.2, -0.15) is 0 Å². The Morgan fingerprint density at radius 2 is 1.97 bits per heavy atom. The summed E-state index contributed by atoms with van der Waals surface area (Å²) in [6, 6.07) is 0.277. The molecule has 0 aromatic rings. The molecule has 0 spiro atoms. The molecule has 0 bridgehead atoms. The number of carbonyl (C=O) groups excluding carboxylic acids is 2. The molecule has 166 valence electrons. The quantitative estimate of drug-likeness (QED) is 0.352. The number of nitrogens with one attached hydrogen (secondary N) is 2. The molecule has 2 rings (SSSR count). The fourth-order valence-corrected chi connectivity index (χ4v) is 4.09. The molecule has 0 aromatic carbocycles. The molecule has 8 heteroatoms. The third-order valence-electron chi connectivity index (χ3n) is 5.64. The first-order valence-corrected chi connectivity index (χ1v) is 11.1. The minimum Gasteiger partial charge on any atom is -0.357 e. The average molecular weight is 409 g/mol. The second kappa shape index (κ2) is 11.4. The van der Waals surface area contributed by atoms with Gasteiger partial charge in [0.1, 0.15) is 0 Å². The summed E-state index contributed by atoms with van der Waals surface area (Å²) in [5, 5.41) is 6.79. The molecule has 2 aliphatic rings. The Labute approximate surface area is 176 Å². The molecule has 0 saturated carbocycles. The number of hydrogen-bond acceptors (Lipinski definition) is 4. The highest BCUT2D eigenvalue weighted by atomic mass is 16.2. The number of hydrogen-bond donors (Lipinski definition) is 2. The van der Waals surface area contributed by atoms with Crippen molar-refractivity contribution in [2.24, 2.45) is 10.9 Å². The van der Waals surface area contributed by atoms with Crippen LogP contribution in [-0.2, 0) is 9.59 Å². The first-order chi connectivity index (χ1) is 13.8. The summed E-state index contributed by atoms with van der Waals surface area (Å²) in [5.74, 6) is 1.30. The van der Waals surface area contributed by atoms with Gasteiger partial charge in [-0.3, -0.25) is 19.5 Å². The van der Waals surface area contributed by atoms with Crippen LogP contribution in [0.15, 0.2) is 4.99 Å².